The van der Waals surface area contributed by atoms with Gasteiger partial charge in [-0.1, -0.05) is 0 Å². The number of nitrogens with one attached hydrogen (secondary N) is 1. The van der Waals surface area contributed by atoms with E-state index < -0.39 is 0 Å². The van der Waals surface area contributed by atoms with Crippen LogP contribution in [0.4, 0.5) is 0 Å². The molecule has 2 saturated heterocycles. The lowest BCUT2D eigenvalue weighted by molar-refractivity contribution is 0.111. The second-order valence-electron chi connectivity index (χ2n) is 4.39. The molecule has 0 bridgehead atoms. The predicted molar refractivity (Wildman–Crippen MR) is 52.9 cm³/mol. The van der Waals surface area contributed by atoms with Gasteiger partial charge in [0.2, 0.25) is 0 Å². The molecule has 3 heteroatoms. The fraction of sp³-hybridized carbons (Fsp3) is 1.00. The van der Waals surface area contributed by atoms with Gasteiger partial charge in [0, 0.05) is 25.2 Å². The van der Waals surface area contributed by atoms with Gasteiger partial charge in [-0.05, 0) is 33.4 Å². The summed E-state index contributed by atoms with van der Waals surface area (Å²) < 4.78 is 5.53. The Morgan fingerprint density at radius 1 is 1.38 bits per heavy atom. The number of ether oxygens (including phenoxy) is 1. The van der Waals surface area contributed by atoms with Gasteiger partial charge < -0.3 is 15.0 Å². The predicted octanol–water partition coefficient (Wildman–Crippen LogP) is 0.458. The number of likely N-dealkylation sites (N-methyl/N-ethyl adjacent to an activating group) is 1. The van der Waals surface area contributed by atoms with E-state index in [2.05, 4.69) is 24.2 Å². The van der Waals surface area contributed by atoms with Gasteiger partial charge in [-0.2, -0.15) is 0 Å². The number of hydrogen-bond donors (Lipinski definition) is 1. The summed E-state index contributed by atoms with van der Waals surface area (Å²) >= 11 is 0. The summed E-state index contributed by atoms with van der Waals surface area (Å²) in [4.78, 5) is 2.39. The third-order valence-electron chi connectivity index (χ3n) is 3.22. The van der Waals surface area contributed by atoms with Crippen molar-refractivity contribution in [1.29, 1.82) is 0 Å². The first-order valence-corrected chi connectivity index (χ1v) is 5.32. The standard InChI is InChI=1S/C10H20N2O/c1-8-10(4-6-13-8)11-9-3-5-12(2)7-9/h8-11H,3-7H2,1-2H3/t8-,9-,10+/m1/s1. The molecular weight excluding hydrogens is 164 g/mol. The molecule has 0 radical (unpaired) electrons. The van der Waals surface area contributed by atoms with E-state index in [0.717, 1.165) is 6.61 Å². The lowest BCUT2D eigenvalue weighted by Gasteiger charge is -2.21. The van der Waals surface area contributed by atoms with Gasteiger partial charge in [-0.15, -0.1) is 0 Å². The molecule has 0 aromatic rings. The average Bonchev–Trinajstić information content (AvgIpc) is 2.64. The van der Waals surface area contributed by atoms with Crippen LogP contribution in [-0.2, 0) is 4.74 Å². The lowest BCUT2D eigenvalue weighted by Crippen LogP contribution is -2.43. The topological polar surface area (TPSA) is 24.5 Å². The summed E-state index contributed by atoms with van der Waals surface area (Å²) in [6.45, 7) is 5.54. The highest BCUT2D eigenvalue weighted by molar-refractivity contribution is 4.87. The van der Waals surface area contributed by atoms with Crippen LogP contribution in [0.15, 0.2) is 0 Å². The van der Waals surface area contributed by atoms with Crippen LogP contribution < -0.4 is 5.32 Å². The molecular formula is C10H20N2O. The normalized spacial score (nSPS) is 41.5. The van der Waals surface area contributed by atoms with E-state index in [1.807, 2.05) is 0 Å². The summed E-state index contributed by atoms with van der Waals surface area (Å²) in [6, 6.07) is 1.29. The van der Waals surface area contributed by atoms with Crippen molar-refractivity contribution >= 4 is 0 Å². The van der Waals surface area contributed by atoms with Crippen molar-refractivity contribution in [1.82, 2.24) is 10.2 Å². The Balaban J connectivity index is 1.77. The molecule has 2 aliphatic rings. The highest BCUT2D eigenvalue weighted by Gasteiger charge is 2.28. The Hall–Kier alpha value is -0.120. The molecule has 0 aromatic carbocycles. The van der Waals surface area contributed by atoms with Crippen LogP contribution in [0.2, 0.25) is 0 Å². The molecule has 2 heterocycles. The summed E-state index contributed by atoms with van der Waals surface area (Å²) in [5.74, 6) is 0. The van der Waals surface area contributed by atoms with Gasteiger partial charge in [0.25, 0.3) is 0 Å². The van der Waals surface area contributed by atoms with Crippen molar-refractivity contribution in [2.75, 3.05) is 26.7 Å². The number of nitrogens with zero attached hydrogens (tertiary/aromatic N) is 1. The van der Waals surface area contributed by atoms with E-state index in [-0.39, 0.29) is 0 Å². The Labute approximate surface area is 80.4 Å². The van der Waals surface area contributed by atoms with Gasteiger partial charge in [-0.3, -0.25) is 0 Å². The second kappa shape index (κ2) is 3.95. The Kier molecular flexibility index (Phi) is 2.86. The summed E-state index contributed by atoms with van der Waals surface area (Å²) in [7, 11) is 2.19. The van der Waals surface area contributed by atoms with Crippen LogP contribution in [0.5, 0.6) is 0 Å². The van der Waals surface area contributed by atoms with Crippen molar-refractivity contribution in [3.8, 4) is 0 Å². The Morgan fingerprint density at radius 2 is 2.23 bits per heavy atom. The van der Waals surface area contributed by atoms with Gasteiger partial charge >= 0.3 is 0 Å². The largest absolute Gasteiger partial charge is 0.377 e. The Bertz CT molecular complexity index is 174. The molecule has 2 fully saturated rings. The SMILES string of the molecule is C[C@H]1OCC[C@@H]1N[C@@H]1CCN(C)C1. The molecule has 2 aliphatic heterocycles. The molecule has 0 aromatic heterocycles. The van der Waals surface area contributed by atoms with Crippen molar-refractivity contribution in [2.45, 2.75) is 38.0 Å². The molecule has 76 valence electrons. The first kappa shape index (κ1) is 9.44. The van der Waals surface area contributed by atoms with Crippen LogP contribution >= 0.6 is 0 Å². The van der Waals surface area contributed by atoms with Gasteiger partial charge in [0.1, 0.15) is 0 Å². The summed E-state index contributed by atoms with van der Waals surface area (Å²) in [5, 5.41) is 3.69. The van der Waals surface area contributed by atoms with E-state index in [0.29, 0.717) is 18.2 Å². The van der Waals surface area contributed by atoms with Gasteiger partial charge in [0.15, 0.2) is 0 Å². The summed E-state index contributed by atoms with van der Waals surface area (Å²) in [6.07, 6.45) is 2.88. The fourth-order valence-electron chi connectivity index (χ4n) is 2.32. The van der Waals surface area contributed by atoms with E-state index in [4.69, 9.17) is 4.74 Å². The minimum absolute atomic E-state index is 0.408. The molecule has 3 atom stereocenters. The molecule has 13 heavy (non-hydrogen) atoms. The molecule has 1 N–H and O–H groups in total. The maximum atomic E-state index is 5.53. The van der Waals surface area contributed by atoms with Crippen molar-refractivity contribution in [2.24, 2.45) is 0 Å². The highest BCUT2D eigenvalue weighted by Crippen LogP contribution is 2.15. The van der Waals surface area contributed by atoms with E-state index in [9.17, 15) is 0 Å². The van der Waals surface area contributed by atoms with Crippen LogP contribution in [0.3, 0.4) is 0 Å². The van der Waals surface area contributed by atoms with Crippen LogP contribution in [0, 0.1) is 0 Å². The lowest BCUT2D eigenvalue weighted by atomic mass is 10.1. The van der Waals surface area contributed by atoms with Crippen LogP contribution in [0.1, 0.15) is 19.8 Å². The zero-order chi connectivity index (χ0) is 9.26. The zero-order valence-corrected chi connectivity index (χ0v) is 8.62. The second-order valence-corrected chi connectivity index (χ2v) is 4.39. The Morgan fingerprint density at radius 3 is 2.77 bits per heavy atom. The molecule has 3 nitrogen and oxygen atoms in total. The van der Waals surface area contributed by atoms with E-state index in [1.54, 1.807) is 0 Å². The first-order valence-electron chi connectivity index (χ1n) is 5.32. The average molecular weight is 184 g/mol. The maximum absolute atomic E-state index is 5.53. The van der Waals surface area contributed by atoms with Crippen molar-refractivity contribution in [3.63, 3.8) is 0 Å². The van der Waals surface area contributed by atoms with Crippen LogP contribution in [-0.4, -0.2) is 49.8 Å². The number of rotatable bonds is 2. The smallest absolute Gasteiger partial charge is 0.0700 e. The molecule has 2 rings (SSSR count). The van der Waals surface area contributed by atoms with Crippen molar-refractivity contribution < 1.29 is 4.74 Å². The fourth-order valence-corrected chi connectivity index (χ4v) is 2.32. The molecule has 0 aliphatic carbocycles. The van der Waals surface area contributed by atoms with Gasteiger partial charge in [0.05, 0.1) is 6.10 Å². The molecule has 0 saturated carbocycles. The highest BCUT2D eigenvalue weighted by atomic mass is 16.5. The summed E-state index contributed by atoms with van der Waals surface area (Å²) in [5.41, 5.74) is 0. The zero-order valence-electron chi connectivity index (χ0n) is 8.62. The minimum Gasteiger partial charge on any atom is -0.377 e. The molecule has 0 unspecified atom stereocenters. The van der Waals surface area contributed by atoms with Crippen LogP contribution in [0.25, 0.3) is 0 Å². The quantitative estimate of drug-likeness (QED) is 0.674. The number of likely N-dealkylation sites (tertiary alicyclic amines) is 1. The maximum Gasteiger partial charge on any atom is 0.0700 e. The van der Waals surface area contributed by atoms with E-state index >= 15 is 0 Å². The third kappa shape index (κ3) is 2.22. The first-order chi connectivity index (χ1) is 6.25. The number of hydrogen-bond acceptors (Lipinski definition) is 3. The van der Waals surface area contributed by atoms with Gasteiger partial charge in [-0.25, -0.2) is 0 Å². The minimum atomic E-state index is 0.408. The van der Waals surface area contributed by atoms with Crippen molar-refractivity contribution in [3.05, 3.63) is 0 Å². The molecule has 0 spiro atoms. The third-order valence-corrected chi connectivity index (χ3v) is 3.22. The molecule has 0 amide bonds. The van der Waals surface area contributed by atoms with E-state index in [1.165, 1.54) is 25.9 Å². The monoisotopic (exact) mass is 184 g/mol.